The zero-order chi connectivity index (χ0) is 10.7. The van der Waals surface area contributed by atoms with Gasteiger partial charge >= 0.3 is 0 Å². The molecule has 0 bridgehead atoms. The first kappa shape index (κ1) is 10.9. The van der Waals surface area contributed by atoms with E-state index in [9.17, 15) is 4.79 Å². The van der Waals surface area contributed by atoms with Crippen LogP contribution in [-0.4, -0.2) is 48.4 Å². The van der Waals surface area contributed by atoms with Gasteiger partial charge in [0.25, 0.3) is 0 Å². The minimum absolute atomic E-state index is 0.375. The van der Waals surface area contributed by atoms with Gasteiger partial charge in [0.15, 0.2) is 0 Å². The molecule has 2 aliphatic heterocycles. The average Bonchev–Trinajstić information content (AvgIpc) is 2.24. The van der Waals surface area contributed by atoms with E-state index in [-0.39, 0.29) is 0 Å². The molecule has 0 aliphatic carbocycles. The number of amides is 1. The van der Waals surface area contributed by atoms with Gasteiger partial charge in [-0.05, 0) is 39.3 Å². The second-order valence-corrected chi connectivity index (χ2v) is 4.93. The molecule has 2 aliphatic rings. The number of hydrogen-bond donors (Lipinski definition) is 0. The molecular formula is C12H22N2O. The molecule has 86 valence electrons. The SMILES string of the molecule is CN1CCCCC1CN1CCCCC1=O. The zero-order valence-electron chi connectivity index (χ0n) is 9.74. The molecule has 0 aromatic rings. The Morgan fingerprint density at radius 2 is 2.00 bits per heavy atom. The third-order valence-electron chi connectivity index (χ3n) is 3.77. The lowest BCUT2D eigenvalue weighted by molar-refractivity contribution is -0.134. The molecule has 0 radical (unpaired) electrons. The Labute approximate surface area is 92.4 Å². The Morgan fingerprint density at radius 1 is 1.20 bits per heavy atom. The molecular weight excluding hydrogens is 188 g/mol. The van der Waals surface area contributed by atoms with Crippen molar-refractivity contribution < 1.29 is 4.79 Å². The highest BCUT2D eigenvalue weighted by atomic mass is 16.2. The first-order valence-electron chi connectivity index (χ1n) is 6.25. The molecule has 2 fully saturated rings. The average molecular weight is 210 g/mol. The summed E-state index contributed by atoms with van der Waals surface area (Å²) in [5.74, 6) is 0.375. The van der Waals surface area contributed by atoms with Crippen LogP contribution in [0.5, 0.6) is 0 Å². The summed E-state index contributed by atoms with van der Waals surface area (Å²) >= 11 is 0. The standard InChI is InChI=1S/C12H22N2O/c1-13-8-4-2-6-11(13)10-14-9-5-3-7-12(14)15/h11H,2-10H2,1H3. The highest BCUT2D eigenvalue weighted by molar-refractivity contribution is 5.76. The molecule has 3 heteroatoms. The number of hydrogen-bond acceptors (Lipinski definition) is 2. The normalized spacial score (nSPS) is 29.5. The van der Waals surface area contributed by atoms with Crippen LogP contribution in [0, 0.1) is 0 Å². The maximum absolute atomic E-state index is 11.7. The van der Waals surface area contributed by atoms with Gasteiger partial charge in [-0.1, -0.05) is 6.42 Å². The van der Waals surface area contributed by atoms with Gasteiger partial charge in [0.1, 0.15) is 0 Å². The van der Waals surface area contributed by atoms with Crippen molar-refractivity contribution in [3.8, 4) is 0 Å². The summed E-state index contributed by atoms with van der Waals surface area (Å²) in [6, 6.07) is 0.612. The summed E-state index contributed by atoms with van der Waals surface area (Å²) in [7, 11) is 2.19. The predicted molar refractivity (Wildman–Crippen MR) is 60.7 cm³/mol. The number of nitrogens with zero attached hydrogens (tertiary/aromatic N) is 2. The predicted octanol–water partition coefficient (Wildman–Crippen LogP) is 1.48. The maximum Gasteiger partial charge on any atom is 0.222 e. The molecule has 0 saturated carbocycles. The second-order valence-electron chi connectivity index (χ2n) is 4.93. The highest BCUT2D eigenvalue weighted by Gasteiger charge is 2.25. The molecule has 2 heterocycles. The van der Waals surface area contributed by atoms with Crippen molar-refractivity contribution in [3.05, 3.63) is 0 Å². The molecule has 2 rings (SSSR count). The first-order chi connectivity index (χ1) is 7.27. The Hall–Kier alpha value is -0.570. The Kier molecular flexibility index (Phi) is 3.62. The smallest absolute Gasteiger partial charge is 0.222 e. The van der Waals surface area contributed by atoms with E-state index >= 15 is 0 Å². The fourth-order valence-corrected chi connectivity index (χ4v) is 2.68. The van der Waals surface area contributed by atoms with Crippen LogP contribution in [0.25, 0.3) is 0 Å². The quantitative estimate of drug-likeness (QED) is 0.689. The van der Waals surface area contributed by atoms with Gasteiger partial charge in [-0.3, -0.25) is 4.79 Å². The van der Waals surface area contributed by atoms with Crippen molar-refractivity contribution in [2.24, 2.45) is 0 Å². The van der Waals surface area contributed by atoms with Crippen molar-refractivity contribution in [2.75, 3.05) is 26.7 Å². The van der Waals surface area contributed by atoms with E-state index in [0.29, 0.717) is 11.9 Å². The van der Waals surface area contributed by atoms with Crippen molar-refractivity contribution in [3.63, 3.8) is 0 Å². The second kappa shape index (κ2) is 4.97. The molecule has 2 saturated heterocycles. The van der Waals surface area contributed by atoms with Gasteiger partial charge in [0.05, 0.1) is 0 Å². The number of likely N-dealkylation sites (tertiary alicyclic amines) is 2. The van der Waals surface area contributed by atoms with Crippen molar-refractivity contribution in [2.45, 2.75) is 44.6 Å². The van der Waals surface area contributed by atoms with E-state index in [0.717, 1.165) is 25.9 Å². The topological polar surface area (TPSA) is 23.6 Å². The summed E-state index contributed by atoms with van der Waals surface area (Å²) in [5.41, 5.74) is 0. The number of rotatable bonds is 2. The van der Waals surface area contributed by atoms with Crippen LogP contribution < -0.4 is 0 Å². The van der Waals surface area contributed by atoms with Crippen LogP contribution in [0.1, 0.15) is 38.5 Å². The van der Waals surface area contributed by atoms with Crippen molar-refractivity contribution in [1.82, 2.24) is 9.80 Å². The van der Waals surface area contributed by atoms with Gasteiger partial charge in [-0.2, -0.15) is 0 Å². The molecule has 1 amide bonds. The lowest BCUT2D eigenvalue weighted by Crippen LogP contribution is -2.47. The molecule has 0 aromatic carbocycles. The van der Waals surface area contributed by atoms with Gasteiger partial charge < -0.3 is 9.80 Å². The van der Waals surface area contributed by atoms with Crippen molar-refractivity contribution in [1.29, 1.82) is 0 Å². The number of likely N-dealkylation sites (N-methyl/N-ethyl adjacent to an activating group) is 1. The summed E-state index contributed by atoms with van der Waals surface area (Å²) in [6.45, 7) is 3.16. The maximum atomic E-state index is 11.7. The molecule has 3 nitrogen and oxygen atoms in total. The Balaban J connectivity index is 1.86. The molecule has 0 aromatic heterocycles. The lowest BCUT2D eigenvalue weighted by Gasteiger charge is -2.37. The van der Waals surface area contributed by atoms with E-state index < -0.39 is 0 Å². The van der Waals surface area contributed by atoms with E-state index in [1.54, 1.807) is 0 Å². The third kappa shape index (κ3) is 2.71. The van der Waals surface area contributed by atoms with E-state index in [2.05, 4.69) is 16.8 Å². The van der Waals surface area contributed by atoms with Gasteiger partial charge in [-0.15, -0.1) is 0 Å². The van der Waals surface area contributed by atoms with Crippen molar-refractivity contribution >= 4 is 5.91 Å². The zero-order valence-corrected chi connectivity index (χ0v) is 9.74. The van der Waals surface area contributed by atoms with Crippen LogP contribution in [-0.2, 0) is 4.79 Å². The Morgan fingerprint density at radius 3 is 2.73 bits per heavy atom. The summed E-state index contributed by atoms with van der Waals surface area (Å²) < 4.78 is 0. The third-order valence-corrected chi connectivity index (χ3v) is 3.77. The van der Waals surface area contributed by atoms with Crippen LogP contribution in [0.15, 0.2) is 0 Å². The van der Waals surface area contributed by atoms with E-state index in [1.165, 1.54) is 32.2 Å². The minimum Gasteiger partial charge on any atom is -0.341 e. The largest absolute Gasteiger partial charge is 0.341 e. The van der Waals surface area contributed by atoms with Crippen LogP contribution >= 0.6 is 0 Å². The summed E-state index contributed by atoms with van der Waals surface area (Å²) in [6.07, 6.45) is 6.98. The molecule has 1 atom stereocenters. The number of piperidine rings is 2. The number of carbonyl (C=O) groups is 1. The lowest BCUT2D eigenvalue weighted by atomic mass is 10.0. The fraction of sp³-hybridized carbons (Fsp3) is 0.917. The van der Waals surface area contributed by atoms with Crippen LogP contribution in [0.2, 0.25) is 0 Å². The minimum atomic E-state index is 0.375. The molecule has 15 heavy (non-hydrogen) atoms. The van der Waals surface area contributed by atoms with Crippen LogP contribution in [0.3, 0.4) is 0 Å². The van der Waals surface area contributed by atoms with Crippen LogP contribution in [0.4, 0.5) is 0 Å². The van der Waals surface area contributed by atoms with E-state index in [4.69, 9.17) is 0 Å². The highest BCUT2D eigenvalue weighted by Crippen LogP contribution is 2.18. The Bertz CT molecular complexity index is 230. The molecule has 0 N–H and O–H groups in total. The molecule has 0 spiro atoms. The summed E-state index contributed by atoms with van der Waals surface area (Å²) in [5, 5.41) is 0. The molecule has 1 unspecified atom stereocenters. The van der Waals surface area contributed by atoms with Gasteiger partial charge in [-0.25, -0.2) is 0 Å². The first-order valence-corrected chi connectivity index (χ1v) is 6.25. The monoisotopic (exact) mass is 210 g/mol. The fourth-order valence-electron chi connectivity index (χ4n) is 2.68. The van der Waals surface area contributed by atoms with E-state index in [1.807, 2.05) is 0 Å². The summed E-state index contributed by atoms with van der Waals surface area (Å²) in [4.78, 5) is 16.2. The van der Waals surface area contributed by atoms with Gasteiger partial charge in [0, 0.05) is 25.6 Å². The van der Waals surface area contributed by atoms with Gasteiger partial charge in [0.2, 0.25) is 5.91 Å². The number of carbonyl (C=O) groups excluding carboxylic acids is 1.